The molecule has 2 heterocycles. The molecule has 174 valence electrons. The van der Waals surface area contributed by atoms with Crippen LogP contribution in [0.2, 0.25) is 5.02 Å². The number of aromatic carboxylic acids is 1. The summed E-state index contributed by atoms with van der Waals surface area (Å²) < 4.78 is 5.10. The maximum atomic E-state index is 13.7. The highest BCUT2D eigenvalue weighted by Crippen LogP contribution is 2.35. The maximum absolute atomic E-state index is 13.7. The number of aryl methyl sites for hydroxylation is 2. The van der Waals surface area contributed by atoms with Gasteiger partial charge in [0.2, 0.25) is 0 Å². The van der Waals surface area contributed by atoms with Gasteiger partial charge in [0.1, 0.15) is 5.56 Å². The Morgan fingerprint density at radius 1 is 1.03 bits per heavy atom. The largest absolute Gasteiger partial charge is 0.477 e. The highest BCUT2D eigenvalue weighted by Gasteiger charge is 2.29. The third-order valence-corrected chi connectivity index (χ3v) is 6.97. The van der Waals surface area contributed by atoms with E-state index in [1.807, 2.05) is 6.07 Å². The smallest absolute Gasteiger partial charge is 0.342 e. The number of halogens is 1. The van der Waals surface area contributed by atoms with E-state index in [2.05, 4.69) is 0 Å². The lowest BCUT2D eigenvalue weighted by Gasteiger charge is -2.28. The van der Waals surface area contributed by atoms with Crippen molar-refractivity contribution in [1.82, 2.24) is 18.3 Å². The minimum atomic E-state index is -1.43. The molecule has 10 heteroatoms. The van der Waals surface area contributed by atoms with Crippen molar-refractivity contribution in [2.75, 3.05) is 0 Å². The quantitative estimate of drug-likeness (QED) is 0.484. The SMILES string of the molecule is Cn1c(=O)n(C)c2cc(-n3cc(C(=O)O)c(=O)n(C4CCCc5c(Cl)cccc54)c3=O)ccc21. The van der Waals surface area contributed by atoms with Gasteiger partial charge in [-0.15, -0.1) is 0 Å². The molecule has 2 aromatic heterocycles. The molecule has 1 N–H and O–H groups in total. The molecule has 0 fully saturated rings. The molecule has 2 aromatic carbocycles. The van der Waals surface area contributed by atoms with Crippen LogP contribution in [-0.4, -0.2) is 29.3 Å². The summed E-state index contributed by atoms with van der Waals surface area (Å²) in [7, 11) is 3.26. The Hall–Kier alpha value is -3.85. The molecule has 0 saturated carbocycles. The topological polar surface area (TPSA) is 108 Å². The number of carbonyl (C=O) groups is 1. The zero-order chi connectivity index (χ0) is 24.3. The summed E-state index contributed by atoms with van der Waals surface area (Å²) >= 11 is 6.37. The molecule has 0 aliphatic heterocycles. The Balaban J connectivity index is 1.81. The normalized spacial score (nSPS) is 15.4. The predicted molar refractivity (Wildman–Crippen MR) is 128 cm³/mol. The zero-order valence-corrected chi connectivity index (χ0v) is 19.2. The van der Waals surface area contributed by atoms with Crippen LogP contribution < -0.4 is 16.9 Å². The number of hydrogen-bond donors (Lipinski definition) is 1. The first-order chi connectivity index (χ1) is 16.2. The molecular weight excluding hydrogens is 460 g/mol. The van der Waals surface area contributed by atoms with E-state index in [1.165, 1.54) is 9.13 Å². The molecule has 0 bridgehead atoms. The van der Waals surface area contributed by atoms with E-state index in [0.717, 1.165) is 26.5 Å². The number of aromatic nitrogens is 4. The molecule has 1 aliphatic carbocycles. The van der Waals surface area contributed by atoms with Crippen molar-refractivity contribution in [3.63, 3.8) is 0 Å². The predicted octanol–water partition coefficient (Wildman–Crippen LogP) is 2.47. The summed E-state index contributed by atoms with van der Waals surface area (Å²) in [5.41, 5.74) is 0.910. The van der Waals surface area contributed by atoms with E-state index in [0.29, 0.717) is 41.0 Å². The van der Waals surface area contributed by atoms with Gasteiger partial charge < -0.3 is 5.11 Å². The van der Waals surface area contributed by atoms with Gasteiger partial charge in [0.15, 0.2) is 0 Å². The van der Waals surface area contributed by atoms with Gasteiger partial charge in [0.25, 0.3) is 5.56 Å². The number of rotatable bonds is 3. The van der Waals surface area contributed by atoms with Gasteiger partial charge in [-0.3, -0.25) is 23.1 Å². The second-order valence-electron chi connectivity index (χ2n) is 8.46. The zero-order valence-electron chi connectivity index (χ0n) is 18.5. The van der Waals surface area contributed by atoms with Gasteiger partial charge in [-0.1, -0.05) is 23.7 Å². The summed E-state index contributed by atoms with van der Waals surface area (Å²) in [6, 6.07) is 9.63. The third-order valence-electron chi connectivity index (χ3n) is 6.61. The van der Waals surface area contributed by atoms with Crippen molar-refractivity contribution in [3.05, 3.63) is 95.6 Å². The van der Waals surface area contributed by atoms with Crippen LogP contribution in [0.4, 0.5) is 0 Å². The number of benzene rings is 2. The van der Waals surface area contributed by atoms with Crippen LogP contribution in [-0.2, 0) is 20.5 Å². The van der Waals surface area contributed by atoms with Gasteiger partial charge in [-0.25, -0.2) is 14.4 Å². The molecule has 0 radical (unpaired) electrons. The highest BCUT2D eigenvalue weighted by atomic mass is 35.5. The minimum Gasteiger partial charge on any atom is -0.477 e. The van der Waals surface area contributed by atoms with Crippen molar-refractivity contribution in [1.29, 1.82) is 0 Å². The van der Waals surface area contributed by atoms with E-state index in [1.54, 1.807) is 44.4 Å². The second kappa shape index (κ2) is 7.88. The lowest BCUT2D eigenvalue weighted by molar-refractivity contribution is 0.0692. The lowest BCUT2D eigenvalue weighted by atomic mass is 9.87. The fourth-order valence-corrected chi connectivity index (χ4v) is 5.15. The van der Waals surface area contributed by atoms with Crippen molar-refractivity contribution < 1.29 is 9.90 Å². The van der Waals surface area contributed by atoms with E-state index in [4.69, 9.17) is 11.6 Å². The summed E-state index contributed by atoms with van der Waals surface area (Å²) in [4.78, 5) is 51.2. The van der Waals surface area contributed by atoms with Crippen LogP contribution in [0.15, 0.2) is 57.0 Å². The Bertz CT molecular complexity index is 1670. The summed E-state index contributed by atoms with van der Waals surface area (Å²) in [6.45, 7) is 0. The van der Waals surface area contributed by atoms with Crippen molar-refractivity contribution >= 4 is 28.6 Å². The molecular formula is C24H21ClN4O5. The first-order valence-corrected chi connectivity index (χ1v) is 11.1. The molecule has 9 nitrogen and oxygen atoms in total. The summed E-state index contributed by atoms with van der Waals surface area (Å²) in [6.07, 6.45) is 2.96. The molecule has 5 rings (SSSR count). The summed E-state index contributed by atoms with van der Waals surface area (Å²) in [5.74, 6) is -1.43. The third kappa shape index (κ3) is 3.15. The molecule has 1 unspecified atom stereocenters. The summed E-state index contributed by atoms with van der Waals surface area (Å²) in [5, 5.41) is 10.3. The lowest BCUT2D eigenvalue weighted by Crippen LogP contribution is -2.45. The van der Waals surface area contributed by atoms with Crippen LogP contribution in [0, 0.1) is 0 Å². The average molecular weight is 481 g/mol. The Kier molecular flexibility index (Phi) is 5.09. The Morgan fingerprint density at radius 2 is 1.76 bits per heavy atom. The van der Waals surface area contributed by atoms with E-state index < -0.39 is 28.8 Å². The minimum absolute atomic E-state index is 0.230. The van der Waals surface area contributed by atoms with Crippen LogP contribution in [0.3, 0.4) is 0 Å². The average Bonchev–Trinajstić information content (AvgIpc) is 3.03. The van der Waals surface area contributed by atoms with Gasteiger partial charge >= 0.3 is 17.3 Å². The number of nitrogens with zero attached hydrogens (tertiary/aromatic N) is 4. The van der Waals surface area contributed by atoms with Crippen LogP contribution in [0.5, 0.6) is 0 Å². The Labute approximate surface area is 197 Å². The van der Waals surface area contributed by atoms with Gasteiger partial charge in [-0.2, -0.15) is 0 Å². The number of fused-ring (bicyclic) bond motifs is 2. The van der Waals surface area contributed by atoms with Crippen molar-refractivity contribution in [3.8, 4) is 5.69 Å². The van der Waals surface area contributed by atoms with Gasteiger partial charge in [0.05, 0.1) is 22.8 Å². The number of carboxylic acids is 1. The number of imidazole rings is 1. The first kappa shape index (κ1) is 22.0. The molecule has 0 saturated heterocycles. The van der Waals surface area contributed by atoms with Gasteiger partial charge in [0, 0.05) is 25.3 Å². The number of hydrogen-bond acceptors (Lipinski definition) is 4. The molecule has 1 aliphatic rings. The highest BCUT2D eigenvalue weighted by molar-refractivity contribution is 6.31. The van der Waals surface area contributed by atoms with Gasteiger partial charge in [-0.05, 0) is 54.7 Å². The molecule has 34 heavy (non-hydrogen) atoms. The van der Waals surface area contributed by atoms with Crippen molar-refractivity contribution in [2.24, 2.45) is 14.1 Å². The van der Waals surface area contributed by atoms with E-state index in [9.17, 15) is 24.3 Å². The van der Waals surface area contributed by atoms with Crippen molar-refractivity contribution in [2.45, 2.75) is 25.3 Å². The molecule has 4 aromatic rings. The molecule has 1 atom stereocenters. The van der Waals surface area contributed by atoms with E-state index >= 15 is 0 Å². The van der Waals surface area contributed by atoms with Crippen LogP contribution in [0.25, 0.3) is 16.7 Å². The maximum Gasteiger partial charge on any atom is 0.342 e. The fourth-order valence-electron chi connectivity index (χ4n) is 4.87. The van der Waals surface area contributed by atoms with Crippen LogP contribution >= 0.6 is 11.6 Å². The fraction of sp³-hybridized carbons (Fsp3) is 0.250. The standard InChI is InChI=1S/C24H21ClN4O5/c1-26-19-10-9-13(11-20(19)27(2)23(26)33)28-12-16(22(31)32)21(30)29(24(28)34)18-8-4-5-14-15(18)6-3-7-17(14)25/h3,6-7,9-12,18H,4-5,8H2,1-2H3,(H,31,32). The van der Waals surface area contributed by atoms with E-state index in [-0.39, 0.29) is 5.69 Å². The number of carboxylic acid groups (broad SMARTS) is 1. The Morgan fingerprint density at radius 3 is 2.50 bits per heavy atom. The molecule has 0 amide bonds. The second-order valence-corrected chi connectivity index (χ2v) is 8.87. The first-order valence-electron chi connectivity index (χ1n) is 10.7. The van der Waals surface area contributed by atoms with Crippen LogP contribution in [0.1, 0.15) is 40.4 Å². The molecule has 0 spiro atoms. The monoisotopic (exact) mass is 480 g/mol.